The molecule has 2 aliphatic heterocycles. The molecule has 2 heterocycles. The lowest BCUT2D eigenvalue weighted by molar-refractivity contribution is -0.146. The number of hydrogen-bond donors (Lipinski definition) is 1. The molecule has 25 heavy (non-hydrogen) atoms. The molecule has 0 radical (unpaired) electrons. The van der Waals surface area contributed by atoms with E-state index < -0.39 is 0 Å². The van der Waals surface area contributed by atoms with Gasteiger partial charge in [0.25, 0.3) is 0 Å². The number of Topliss-reactive ketones (excluding diaryl/α,β-unsaturated/α-hetero) is 1. The van der Waals surface area contributed by atoms with Gasteiger partial charge >= 0.3 is 0 Å². The number of carbonyl (C=O) groups is 2. The maximum atomic E-state index is 13.3. The normalized spacial score (nSPS) is 30.1. The maximum absolute atomic E-state index is 13.3. The summed E-state index contributed by atoms with van der Waals surface area (Å²) < 4.78 is 0. The lowest BCUT2D eigenvalue weighted by Gasteiger charge is -2.42. The van der Waals surface area contributed by atoms with Crippen LogP contribution in [0.1, 0.15) is 48.9 Å². The first-order valence-electron chi connectivity index (χ1n) is 9.80. The Labute approximate surface area is 150 Å². The molecule has 4 rings (SSSR count). The Morgan fingerprint density at radius 1 is 1.04 bits per heavy atom. The summed E-state index contributed by atoms with van der Waals surface area (Å²) in [5.74, 6) is 1.17. The van der Waals surface area contributed by atoms with Crippen molar-refractivity contribution >= 4 is 11.7 Å². The predicted octanol–water partition coefficient (Wildman–Crippen LogP) is 2.89. The van der Waals surface area contributed by atoms with Crippen LogP contribution in [0, 0.1) is 17.3 Å². The van der Waals surface area contributed by atoms with Gasteiger partial charge in [-0.1, -0.05) is 43.2 Å². The molecule has 2 saturated heterocycles. The van der Waals surface area contributed by atoms with E-state index in [-0.39, 0.29) is 17.1 Å². The van der Waals surface area contributed by atoms with E-state index in [1.807, 2.05) is 30.3 Å². The summed E-state index contributed by atoms with van der Waals surface area (Å²) in [6, 6.07) is 9.57. The highest BCUT2D eigenvalue weighted by Crippen LogP contribution is 2.45. The standard InChI is InChI=1S/C21H28N2O2/c24-19(16-6-2-1-3-7-16)17-9-12-23(13-10-17)20(25)21-11-5-4-8-18(21)14-22-15-21/h1-3,6-7,17-18,22H,4-5,8-15H2/t18-,21+/m0/s1. The molecule has 1 aromatic carbocycles. The third-order valence-electron chi connectivity index (χ3n) is 6.68. The van der Waals surface area contributed by atoms with Gasteiger partial charge in [-0.25, -0.2) is 0 Å². The third kappa shape index (κ3) is 3.01. The largest absolute Gasteiger partial charge is 0.342 e. The number of carbonyl (C=O) groups excluding carboxylic acids is 2. The molecule has 1 N–H and O–H groups in total. The van der Waals surface area contributed by atoms with Crippen LogP contribution in [0.2, 0.25) is 0 Å². The fourth-order valence-electron chi connectivity index (χ4n) is 5.17. The SMILES string of the molecule is O=C(c1ccccc1)C1CCN(C(=O)[C@@]23CCCC[C@H]2CNC3)CC1. The Balaban J connectivity index is 1.40. The summed E-state index contributed by atoms with van der Waals surface area (Å²) in [6.07, 6.45) is 6.25. The Morgan fingerprint density at radius 3 is 2.56 bits per heavy atom. The molecule has 4 nitrogen and oxygen atoms in total. The average Bonchev–Trinajstić information content (AvgIpc) is 3.13. The molecule has 3 fully saturated rings. The molecular formula is C21H28N2O2. The van der Waals surface area contributed by atoms with Crippen LogP contribution in [-0.2, 0) is 4.79 Å². The molecule has 2 atom stereocenters. The average molecular weight is 340 g/mol. The van der Waals surface area contributed by atoms with Gasteiger partial charge in [0.05, 0.1) is 5.41 Å². The summed E-state index contributed by atoms with van der Waals surface area (Å²) in [5, 5.41) is 3.47. The van der Waals surface area contributed by atoms with Gasteiger partial charge in [0.1, 0.15) is 0 Å². The summed E-state index contributed by atoms with van der Waals surface area (Å²) in [5.41, 5.74) is 0.646. The van der Waals surface area contributed by atoms with Gasteiger partial charge in [0.15, 0.2) is 5.78 Å². The zero-order valence-corrected chi connectivity index (χ0v) is 14.9. The fraction of sp³-hybridized carbons (Fsp3) is 0.619. The zero-order valence-electron chi connectivity index (χ0n) is 14.9. The molecule has 0 unspecified atom stereocenters. The molecule has 1 aromatic rings. The summed E-state index contributed by atoms with van der Waals surface area (Å²) >= 11 is 0. The van der Waals surface area contributed by atoms with E-state index in [1.54, 1.807) is 0 Å². The minimum Gasteiger partial charge on any atom is -0.342 e. The number of hydrogen-bond acceptors (Lipinski definition) is 3. The second-order valence-corrected chi connectivity index (χ2v) is 8.03. The molecular weight excluding hydrogens is 312 g/mol. The van der Waals surface area contributed by atoms with Crippen LogP contribution in [0.5, 0.6) is 0 Å². The van der Waals surface area contributed by atoms with Crippen molar-refractivity contribution in [1.82, 2.24) is 10.2 Å². The number of ketones is 1. The van der Waals surface area contributed by atoms with E-state index >= 15 is 0 Å². The van der Waals surface area contributed by atoms with E-state index in [0.717, 1.165) is 51.0 Å². The quantitative estimate of drug-likeness (QED) is 0.861. The molecule has 4 heteroatoms. The van der Waals surface area contributed by atoms with E-state index in [0.29, 0.717) is 11.8 Å². The number of likely N-dealkylation sites (tertiary alicyclic amines) is 1. The van der Waals surface area contributed by atoms with Crippen molar-refractivity contribution in [3.8, 4) is 0 Å². The molecule has 0 spiro atoms. The number of rotatable bonds is 3. The summed E-state index contributed by atoms with van der Waals surface area (Å²) in [7, 11) is 0. The van der Waals surface area contributed by atoms with Gasteiger partial charge in [-0.2, -0.15) is 0 Å². The molecule has 1 amide bonds. The third-order valence-corrected chi connectivity index (χ3v) is 6.68. The Hall–Kier alpha value is -1.68. The zero-order chi connectivity index (χ0) is 17.3. The number of benzene rings is 1. The van der Waals surface area contributed by atoms with Crippen molar-refractivity contribution in [1.29, 1.82) is 0 Å². The number of amides is 1. The monoisotopic (exact) mass is 340 g/mol. The first-order chi connectivity index (χ1) is 12.2. The van der Waals surface area contributed by atoms with Crippen LogP contribution < -0.4 is 5.32 Å². The van der Waals surface area contributed by atoms with Crippen molar-refractivity contribution in [3.05, 3.63) is 35.9 Å². The number of nitrogens with one attached hydrogen (secondary N) is 1. The molecule has 0 bridgehead atoms. The molecule has 1 aliphatic carbocycles. The van der Waals surface area contributed by atoms with Gasteiger partial charge in [-0.05, 0) is 38.1 Å². The lowest BCUT2D eigenvalue weighted by atomic mass is 9.67. The lowest BCUT2D eigenvalue weighted by Crippen LogP contribution is -2.52. The van der Waals surface area contributed by atoms with Crippen LogP contribution >= 0.6 is 0 Å². The van der Waals surface area contributed by atoms with Crippen molar-refractivity contribution in [2.75, 3.05) is 26.2 Å². The molecule has 3 aliphatic rings. The highest BCUT2D eigenvalue weighted by molar-refractivity contribution is 5.98. The predicted molar refractivity (Wildman–Crippen MR) is 97.3 cm³/mol. The number of piperidine rings is 1. The summed E-state index contributed by atoms with van der Waals surface area (Å²) in [4.78, 5) is 28.0. The first-order valence-corrected chi connectivity index (χ1v) is 9.80. The van der Waals surface area contributed by atoms with E-state index in [2.05, 4.69) is 10.2 Å². The van der Waals surface area contributed by atoms with Crippen molar-refractivity contribution in [2.45, 2.75) is 38.5 Å². The van der Waals surface area contributed by atoms with Crippen LogP contribution in [0.25, 0.3) is 0 Å². The van der Waals surface area contributed by atoms with Gasteiger partial charge in [-0.3, -0.25) is 9.59 Å². The summed E-state index contributed by atoms with van der Waals surface area (Å²) in [6.45, 7) is 3.31. The van der Waals surface area contributed by atoms with E-state index in [4.69, 9.17) is 0 Å². The Morgan fingerprint density at radius 2 is 1.80 bits per heavy atom. The number of fused-ring (bicyclic) bond motifs is 1. The molecule has 134 valence electrons. The molecule has 0 aromatic heterocycles. The van der Waals surface area contributed by atoms with Crippen LogP contribution in [0.3, 0.4) is 0 Å². The number of nitrogens with zero attached hydrogens (tertiary/aromatic N) is 1. The van der Waals surface area contributed by atoms with E-state index in [1.165, 1.54) is 19.3 Å². The smallest absolute Gasteiger partial charge is 0.230 e. The van der Waals surface area contributed by atoms with Gasteiger partial charge in [0, 0.05) is 31.1 Å². The van der Waals surface area contributed by atoms with E-state index in [9.17, 15) is 9.59 Å². The highest BCUT2D eigenvalue weighted by Gasteiger charge is 2.51. The van der Waals surface area contributed by atoms with Crippen LogP contribution in [-0.4, -0.2) is 42.8 Å². The topological polar surface area (TPSA) is 49.4 Å². The van der Waals surface area contributed by atoms with Gasteiger partial charge in [-0.15, -0.1) is 0 Å². The fourth-order valence-corrected chi connectivity index (χ4v) is 5.17. The van der Waals surface area contributed by atoms with Crippen LogP contribution in [0.4, 0.5) is 0 Å². The van der Waals surface area contributed by atoms with Gasteiger partial charge in [0.2, 0.25) is 5.91 Å². The molecule has 1 saturated carbocycles. The van der Waals surface area contributed by atoms with Crippen molar-refractivity contribution in [3.63, 3.8) is 0 Å². The van der Waals surface area contributed by atoms with Crippen molar-refractivity contribution in [2.24, 2.45) is 17.3 Å². The first kappa shape index (κ1) is 16.8. The van der Waals surface area contributed by atoms with Gasteiger partial charge < -0.3 is 10.2 Å². The maximum Gasteiger partial charge on any atom is 0.230 e. The minimum atomic E-state index is -0.158. The highest BCUT2D eigenvalue weighted by atomic mass is 16.2. The second kappa shape index (κ2) is 6.91. The second-order valence-electron chi connectivity index (χ2n) is 8.03. The Bertz CT molecular complexity index is 637. The van der Waals surface area contributed by atoms with Crippen molar-refractivity contribution < 1.29 is 9.59 Å². The Kier molecular flexibility index (Phi) is 4.63. The van der Waals surface area contributed by atoms with Crippen LogP contribution in [0.15, 0.2) is 30.3 Å². The minimum absolute atomic E-state index is 0.0628.